The van der Waals surface area contributed by atoms with Crippen molar-refractivity contribution >= 4 is 19.8 Å². The highest BCUT2D eigenvalue weighted by Gasteiger charge is 2.26. The third-order valence-corrected chi connectivity index (χ3v) is 9.32. The van der Waals surface area contributed by atoms with E-state index in [0.717, 1.165) is 44.9 Å². The maximum atomic E-state index is 12.6. The Balaban J connectivity index is 4.58. The fraction of sp³-hybridized carbons (Fsp3) is 0.750. The fourth-order valence-corrected chi connectivity index (χ4v) is 5.96. The molecule has 1 unspecified atom stereocenters. The molecule has 0 saturated carbocycles. The van der Waals surface area contributed by atoms with Crippen LogP contribution < -0.4 is 5.73 Å². The fourth-order valence-electron chi connectivity index (χ4n) is 5.19. The first-order valence-electron chi connectivity index (χ1n) is 19.9. The van der Waals surface area contributed by atoms with Crippen molar-refractivity contribution in [2.45, 2.75) is 167 Å². The Morgan fingerprint density at radius 1 is 0.642 bits per heavy atom. The van der Waals surface area contributed by atoms with Crippen molar-refractivity contribution in [3.63, 3.8) is 0 Å². The molecule has 0 aliphatic heterocycles. The number of hydrogen-bond acceptors (Lipinski definition) is 11. The maximum Gasteiger partial charge on any atom is 0.472 e. The van der Waals surface area contributed by atoms with Crippen molar-refractivity contribution in [3.8, 4) is 0 Å². The molecule has 0 aliphatic carbocycles. The number of allylic oxidation sites excluding steroid dienone is 6. The summed E-state index contributed by atoms with van der Waals surface area (Å²) in [4.78, 5) is 34.8. The lowest BCUT2D eigenvalue weighted by molar-refractivity contribution is -0.161. The molecule has 0 bridgehead atoms. The summed E-state index contributed by atoms with van der Waals surface area (Å²) < 4.78 is 32.4. The van der Waals surface area contributed by atoms with E-state index in [1.165, 1.54) is 57.4 Å². The monoisotopic (exact) mass is 773 g/mol. The first-order valence-corrected chi connectivity index (χ1v) is 21.4. The number of nitrogens with two attached hydrogens (primary N) is 1. The summed E-state index contributed by atoms with van der Waals surface area (Å²) >= 11 is 0. The zero-order valence-electron chi connectivity index (χ0n) is 32.6. The van der Waals surface area contributed by atoms with Crippen LogP contribution in [0.2, 0.25) is 0 Å². The summed E-state index contributed by atoms with van der Waals surface area (Å²) in [5.41, 5.74) is 5.31. The highest BCUT2D eigenvalue weighted by molar-refractivity contribution is 7.47. The largest absolute Gasteiger partial charge is 0.472 e. The lowest BCUT2D eigenvalue weighted by atomic mass is 10.0. The van der Waals surface area contributed by atoms with Gasteiger partial charge in [-0.25, -0.2) is 4.57 Å². The van der Waals surface area contributed by atoms with Crippen molar-refractivity contribution in [3.05, 3.63) is 48.6 Å². The highest BCUT2D eigenvalue weighted by Crippen LogP contribution is 2.43. The zero-order chi connectivity index (χ0) is 39.4. The average molecular weight is 774 g/mol. The van der Waals surface area contributed by atoms with Crippen molar-refractivity contribution in [2.24, 2.45) is 5.73 Å². The molecule has 0 fully saturated rings. The third-order valence-electron chi connectivity index (χ3n) is 8.33. The Hall–Kier alpha value is -2.15. The van der Waals surface area contributed by atoms with Crippen LogP contribution in [0.1, 0.15) is 142 Å². The summed E-state index contributed by atoms with van der Waals surface area (Å²) in [6, 6.07) is 0. The molecular weight excluding hydrogens is 701 g/mol. The third kappa shape index (κ3) is 34.1. The minimum atomic E-state index is -4.47. The molecule has 0 aromatic rings. The predicted molar refractivity (Wildman–Crippen MR) is 210 cm³/mol. The van der Waals surface area contributed by atoms with Gasteiger partial charge in [0.15, 0.2) is 6.10 Å². The number of aliphatic hydroxyl groups excluding tert-OH is 3. The van der Waals surface area contributed by atoms with Gasteiger partial charge in [-0.1, -0.05) is 152 Å². The summed E-state index contributed by atoms with van der Waals surface area (Å²) in [5.74, 6) is -1.16. The number of aliphatic hydroxyl groups is 3. The van der Waals surface area contributed by atoms with E-state index in [9.17, 15) is 34.4 Å². The molecule has 0 radical (unpaired) electrons. The topological polar surface area (TPSA) is 195 Å². The first-order chi connectivity index (χ1) is 25.5. The number of rotatable bonds is 36. The van der Waals surface area contributed by atoms with Crippen LogP contribution in [0.3, 0.4) is 0 Å². The first kappa shape index (κ1) is 50.9. The Morgan fingerprint density at radius 2 is 1.17 bits per heavy atom. The van der Waals surface area contributed by atoms with Crippen LogP contribution in [0.15, 0.2) is 48.6 Å². The number of hydrogen-bond donors (Lipinski definition) is 5. The molecule has 308 valence electrons. The Kier molecular flexibility index (Phi) is 34.1. The second-order valence-electron chi connectivity index (χ2n) is 13.4. The Bertz CT molecular complexity index is 1070. The number of carbonyl (C=O) groups is 2. The molecular formula is C40H72NO11P. The van der Waals surface area contributed by atoms with Gasteiger partial charge in [-0.2, -0.15) is 0 Å². The van der Waals surface area contributed by atoms with Crippen molar-refractivity contribution in [1.29, 1.82) is 0 Å². The molecule has 13 heteroatoms. The van der Waals surface area contributed by atoms with Gasteiger partial charge in [-0.05, 0) is 25.7 Å². The van der Waals surface area contributed by atoms with Crippen LogP contribution >= 0.6 is 7.82 Å². The van der Waals surface area contributed by atoms with Crippen molar-refractivity contribution < 1.29 is 52.9 Å². The minimum absolute atomic E-state index is 0.00291. The van der Waals surface area contributed by atoms with Gasteiger partial charge < -0.3 is 35.4 Å². The maximum absolute atomic E-state index is 12.6. The molecule has 12 nitrogen and oxygen atoms in total. The Labute approximate surface area is 319 Å². The van der Waals surface area contributed by atoms with Crippen LogP contribution in [0.4, 0.5) is 0 Å². The number of ether oxygens (including phenoxy) is 2. The predicted octanol–water partition coefficient (Wildman–Crippen LogP) is 7.68. The highest BCUT2D eigenvalue weighted by atomic mass is 31.2. The minimum Gasteiger partial charge on any atom is -0.462 e. The van der Waals surface area contributed by atoms with Crippen LogP contribution in [0.5, 0.6) is 0 Å². The van der Waals surface area contributed by atoms with Gasteiger partial charge in [0.1, 0.15) is 6.61 Å². The number of phosphoric ester groups is 1. The lowest BCUT2D eigenvalue weighted by Crippen LogP contribution is -2.30. The van der Waals surface area contributed by atoms with E-state index in [-0.39, 0.29) is 45.4 Å². The summed E-state index contributed by atoms with van der Waals surface area (Å²) in [6.07, 6.45) is 28.0. The van der Waals surface area contributed by atoms with Crippen LogP contribution in [0.25, 0.3) is 0 Å². The van der Waals surface area contributed by atoms with Gasteiger partial charge in [0.25, 0.3) is 0 Å². The molecule has 0 heterocycles. The summed E-state index contributed by atoms with van der Waals surface area (Å²) in [6.45, 7) is 3.20. The van der Waals surface area contributed by atoms with Crippen LogP contribution in [-0.4, -0.2) is 82.9 Å². The van der Waals surface area contributed by atoms with Gasteiger partial charge in [-0.15, -0.1) is 0 Å². The van der Waals surface area contributed by atoms with Crippen molar-refractivity contribution in [1.82, 2.24) is 0 Å². The second-order valence-corrected chi connectivity index (χ2v) is 14.8. The molecule has 6 N–H and O–H groups in total. The van der Waals surface area contributed by atoms with Crippen LogP contribution in [0, 0.1) is 0 Å². The molecule has 5 atom stereocenters. The van der Waals surface area contributed by atoms with Gasteiger partial charge in [-0.3, -0.25) is 18.6 Å². The molecule has 0 aliphatic rings. The van der Waals surface area contributed by atoms with Gasteiger partial charge in [0.05, 0.1) is 31.5 Å². The van der Waals surface area contributed by atoms with E-state index in [4.69, 9.17) is 24.3 Å². The Morgan fingerprint density at radius 3 is 1.77 bits per heavy atom. The lowest BCUT2D eigenvalue weighted by Gasteiger charge is -2.20. The van der Waals surface area contributed by atoms with Gasteiger partial charge in [0.2, 0.25) is 0 Å². The molecule has 0 amide bonds. The van der Waals surface area contributed by atoms with Gasteiger partial charge >= 0.3 is 19.8 Å². The number of unbranched alkanes of at least 4 members (excludes halogenated alkanes) is 13. The average Bonchev–Trinajstić information content (AvgIpc) is 3.13. The molecule has 0 saturated heterocycles. The van der Waals surface area contributed by atoms with E-state index >= 15 is 0 Å². The number of esters is 2. The second kappa shape index (κ2) is 35.5. The summed E-state index contributed by atoms with van der Waals surface area (Å²) in [7, 11) is -4.47. The molecule has 53 heavy (non-hydrogen) atoms. The zero-order valence-corrected chi connectivity index (χ0v) is 33.5. The normalized spacial score (nSPS) is 15.7. The molecule has 0 rings (SSSR count). The molecule has 0 aromatic carbocycles. The summed E-state index contributed by atoms with van der Waals surface area (Å²) in [5, 5.41) is 30.4. The van der Waals surface area contributed by atoms with E-state index in [0.29, 0.717) is 6.42 Å². The van der Waals surface area contributed by atoms with E-state index in [1.54, 1.807) is 42.5 Å². The standard InChI is InChI=1S/C40H72NO11P/c1-3-5-7-8-9-10-11-12-13-14-19-23-29-39(45)49-33-36(34-51-53(47,48)50-32-31-41)52-40(46)30-24-28-38(44)37(43)27-22-18-16-15-17-21-26-35(42)25-20-6-4-2/h15-18,21-22,26-27,35-38,42-44H,3-14,19-20,23-25,28-34,41H2,1-2H3,(H,47,48)/b17-15-,18-16+,26-21+,27-22+/t35-,36+,37-,38-/m0/s1. The van der Waals surface area contributed by atoms with E-state index in [2.05, 4.69) is 13.8 Å². The quantitative estimate of drug-likeness (QED) is 0.0181. The van der Waals surface area contributed by atoms with Crippen LogP contribution in [-0.2, 0) is 32.7 Å². The van der Waals surface area contributed by atoms with E-state index in [1.807, 2.05) is 0 Å². The number of carbonyl (C=O) groups excluding carboxylic acids is 2. The SMILES string of the molecule is CCCCCCCCCCCCCCC(=O)OC[C@H](COP(=O)(O)OCCN)OC(=O)CCC[C@H](O)[C@@H](O)/C=C/C=C/C=C\C=C\[C@@H](O)CCCCC. The molecule has 0 aromatic heterocycles. The number of phosphoric acid groups is 1. The van der Waals surface area contributed by atoms with Crippen molar-refractivity contribution in [2.75, 3.05) is 26.4 Å². The van der Waals surface area contributed by atoms with E-state index < -0.39 is 50.8 Å². The smallest absolute Gasteiger partial charge is 0.462 e. The van der Waals surface area contributed by atoms with Gasteiger partial charge in [0, 0.05) is 19.4 Å². The molecule has 0 spiro atoms.